The lowest BCUT2D eigenvalue weighted by Gasteiger charge is -2.38. The summed E-state index contributed by atoms with van der Waals surface area (Å²) in [6.45, 7) is 1.76. The quantitative estimate of drug-likeness (QED) is 0.895. The van der Waals surface area contributed by atoms with Crippen LogP contribution in [0.3, 0.4) is 0 Å². The maximum atomic E-state index is 14.0. The van der Waals surface area contributed by atoms with Crippen molar-refractivity contribution in [3.05, 3.63) is 52.9 Å². The summed E-state index contributed by atoms with van der Waals surface area (Å²) in [6, 6.07) is 3.89. The minimum Gasteiger partial charge on any atom is -0.327 e. The van der Waals surface area contributed by atoms with Gasteiger partial charge in [-0.3, -0.25) is 10.00 Å². The third-order valence-electron chi connectivity index (χ3n) is 5.29. The molecule has 3 atom stereocenters. The molecule has 2 aromatic rings. The zero-order valence-corrected chi connectivity index (χ0v) is 12.8. The third-order valence-corrected chi connectivity index (χ3v) is 5.29. The third kappa shape index (κ3) is 2.66. The number of halogens is 2. The van der Waals surface area contributed by atoms with E-state index in [1.165, 1.54) is 23.4 Å². The molecule has 0 bridgehead atoms. The predicted molar refractivity (Wildman–Crippen MR) is 82.5 cm³/mol. The van der Waals surface area contributed by atoms with Crippen LogP contribution < -0.4 is 5.73 Å². The summed E-state index contributed by atoms with van der Waals surface area (Å²) in [4.78, 5) is 2.40. The fourth-order valence-electron chi connectivity index (χ4n) is 4.05. The maximum Gasteiger partial charge on any atom is 0.126 e. The van der Waals surface area contributed by atoms with Crippen molar-refractivity contribution in [1.29, 1.82) is 0 Å². The van der Waals surface area contributed by atoms with Gasteiger partial charge in [0.2, 0.25) is 0 Å². The van der Waals surface area contributed by atoms with Gasteiger partial charge in [0.1, 0.15) is 11.6 Å². The number of rotatable bonds is 2. The Morgan fingerprint density at radius 2 is 2.09 bits per heavy atom. The maximum absolute atomic E-state index is 14.0. The Labute approximate surface area is 133 Å². The van der Waals surface area contributed by atoms with E-state index in [1.54, 1.807) is 0 Å². The number of benzene rings is 1. The molecule has 3 N–H and O–H groups in total. The highest BCUT2D eigenvalue weighted by Gasteiger charge is 2.35. The number of nitrogens with zero attached hydrogens (tertiary/aromatic N) is 2. The molecule has 122 valence electrons. The van der Waals surface area contributed by atoms with Crippen molar-refractivity contribution in [1.82, 2.24) is 15.1 Å². The molecular formula is C17H20F2N4. The van der Waals surface area contributed by atoms with Crippen molar-refractivity contribution in [3.8, 4) is 0 Å². The summed E-state index contributed by atoms with van der Waals surface area (Å²) in [5.41, 5.74) is 9.18. The molecule has 6 heteroatoms. The highest BCUT2D eigenvalue weighted by Crippen LogP contribution is 2.37. The SMILES string of the molecule is N[C@H]1C[C@@H](N2Cc3cn[nH]c3C2)CC[C@@H]1c1cc(F)ccc1F. The van der Waals surface area contributed by atoms with Crippen LogP contribution in [-0.4, -0.2) is 27.2 Å². The van der Waals surface area contributed by atoms with Gasteiger partial charge in [0.25, 0.3) is 0 Å². The van der Waals surface area contributed by atoms with Gasteiger partial charge in [0, 0.05) is 36.7 Å². The van der Waals surface area contributed by atoms with Crippen LogP contribution in [-0.2, 0) is 13.1 Å². The highest BCUT2D eigenvalue weighted by atomic mass is 19.1. The van der Waals surface area contributed by atoms with E-state index in [1.807, 2.05) is 6.20 Å². The zero-order chi connectivity index (χ0) is 16.0. The molecule has 4 nitrogen and oxygen atoms in total. The van der Waals surface area contributed by atoms with Gasteiger partial charge in [-0.1, -0.05) is 0 Å². The first-order valence-electron chi connectivity index (χ1n) is 8.07. The standard InChI is InChI=1S/C17H20F2N4/c18-11-1-4-15(19)14(5-11)13-3-2-12(6-16(13)20)23-8-10-7-21-22-17(10)9-23/h1,4-5,7,12-13,16H,2-3,6,8-9,20H2,(H,21,22)/t12-,13+,16-/m0/s1. The zero-order valence-electron chi connectivity index (χ0n) is 12.8. The van der Waals surface area contributed by atoms with Gasteiger partial charge in [-0.05, 0) is 43.0 Å². The molecule has 4 rings (SSSR count). The molecule has 2 aliphatic rings. The summed E-state index contributed by atoms with van der Waals surface area (Å²) in [6.07, 6.45) is 4.42. The molecule has 0 amide bonds. The van der Waals surface area contributed by atoms with Crippen LogP contribution in [0.1, 0.15) is 42.0 Å². The number of aromatic amines is 1. The van der Waals surface area contributed by atoms with E-state index < -0.39 is 5.82 Å². The summed E-state index contributed by atoms with van der Waals surface area (Å²) in [5.74, 6) is -0.863. The Balaban J connectivity index is 1.46. The lowest BCUT2D eigenvalue weighted by atomic mass is 9.77. The number of aromatic nitrogens is 2. The molecule has 1 fully saturated rings. The Morgan fingerprint density at radius 3 is 2.87 bits per heavy atom. The second-order valence-corrected chi connectivity index (χ2v) is 6.68. The Morgan fingerprint density at radius 1 is 1.22 bits per heavy atom. The van der Waals surface area contributed by atoms with E-state index in [9.17, 15) is 8.78 Å². The fourth-order valence-corrected chi connectivity index (χ4v) is 4.05. The predicted octanol–water partition coefficient (Wildman–Crippen LogP) is 2.67. The summed E-state index contributed by atoms with van der Waals surface area (Å²) >= 11 is 0. The fraction of sp³-hybridized carbons (Fsp3) is 0.471. The number of nitrogens with two attached hydrogens (primary N) is 1. The van der Waals surface area contributed by atoms with Crippen molar-refractivity contribution < 1.29 is 8.78 Å². The molecule has 0 radical (unpaired) electrons. The highest BCUT2D eigenvalue weighted by molar-refractivity contribution is 5.26. The van der Waals surface area contributed by atoms with Crippen LogP contribution in [0, 0.1) is 11.6 Å². The molecule has 2 heterocycles. The normalized spacial score (nSPS) is 28.0. The van der Waals surface area contributed by atoms with Gasteiger partial charge in [-0.2, -0.15) is 5.10 Å². The van der Waals surface area contributed by atoms with Crippen LogP contribution in [0.5, 0.6) is 0 Å². The monoisotopic (exact) mass is 318 g/mol. The van der Waals surface area contributed by atoms with Crippen LogP contribution in [0.15, 0.2) is 24.4 Å². The molecule has 0 spiro atoms. The number of H-pyrrole nitrogens is 1. The number of fused-ring (bicyclic) bond motifs is 1. The Kier molecular flexibility index (Phi) is 3.66. The second kappa shape index (κ2) is 5.69. The van der Waals surface area contributed by atoms with Gasteiger partial charge >= 0.3 is 0 Å². The first-order chi connectivity index (χ1) is 11.1. The number of nitrogens with one attached hydrogen (secondary N) is 1. The van der Waals surface area contributed by atoms with E-state index in [2.05, 4.69) is 15.1 Å². The van der Waals surface area contributed by atoms with Crippen LogP contribution in [0.25, 0.3) is 0 Å². The lowest BCUT2D eigenvalue weighted by Crippen LogP contribution is -2.44. The Bertz CT molecular complexity index is 694. The average molecular weight is 318 g/mol. The summed E-state index contributed by atoms with van der Waals surface area (Å²) < 4.78 is 27.5. The van der Waals surface area contributed by atoms with E-state index >= 15 is 0 Å². The van der Waals surface area contributed by atoms with Crippen LogP contribution in [0.2, 0.25) is 0 Å². The van der Waals surface area contributed by atoms with E-state index in [4.69, 9.17) is 5.73 Å². The van der Waals surface area contributed by atoms with Crippen molar-refractivity contribution in [2.45, 2.75) is 50.4 Å². The summed E-state index contributed by atoms with van der Waals surface area (Å²) in [7, 11) is 0. The minimum atomic E-state index is -0.402. The minimum absolute atomic E-state index is 0.107. The molecule has 1 aromatic heterocycles. The molecule has 23 heavy (non-hydrogen) atoms. The summed E-state index contributed by atoms with van der Waals surface area (Å²) in [5, 5.41) is 7.09. The van der Waals surface area contributed by atoms with Gasteiger partial charge in [0.15, 0.2) is 0 Å². The van der Waals surface area contributed by atoms with Crippen molar-refractivity contribution in [2.24, 2.45) is 5.73 Å². The second-order valence-electron chi connectivity index (χ2n) is 6.68. The molecule has 1 aromatic carbocycles. The first kappa shape index (κ1) is 14.8. The average Bonchev–Trinajstić information content (AvgIpc) is 3.11. The molecular weight excluding hydrogens is 298 g/mol. The number of hydrogen-bond donors (Lipinski definition) is 2. The molecule has 1 saturated carbocycles. The Hall–Kier alpha value is -1.79. The van der Waals surface area contributed by atoms with E-state index in [-0.39, 0.29) is 17.8 Å². The van der Waals surface area contributed by atoms with Crippen LogP contribution in [0.4, 0.5) is 8.78 Å². The van der Waals surface area contributed by atoms with Crippen LogP contribution >= 0.6 is 0 Å². The smallest absolute Gasteiger partial charge is 0.126 e. The van der Waals surface area contributed by atoms with Gasteiger partial charge in [-0.15, -0.1) is 0 Å². The largest absolute Gasteiger partial charge is 0.327 e. The lowest BCUT2D eigenvalue weighted by molar-refractivity contribution is 0.136. The molecule has 1 aliphatic heterocycles. The van der Waals surface area contributed by atoms with Gasteiger partial charge in [-0.25, -0.2) is 8.78 Å². The number of hydrogen-bond acceptors (Lipinski definition) is 3. The van der Waals surface area contributed by atoms with E-state index in [0.29, 0.717) is 11.6 Å². The molecule has 1 aliphatic carbocycles. The van der Waals surface area contributed by atoms with Crippen molar-refractivity contribution in [2.75, 3.05) is 0 Å². The van der Waals surface area contributed by atoms with E-state index in [0.717, 1.165) is 38.4 Å². The van der Waals surface area contributed by atoms with Gasteiger partial charge < -0.3 is 5.73 Å². The topological polar surface area (TPSA) is 57.9 Å². The molecule has 0 unspecified atom stereocenters. The first-order valence-corrected chi connectivity index (χ1v) is 8.07. The molecule has 0 saturated heterocycles. The van der Waals surface area contributed by atoms with Gasteiger partial charge in [0.05, 0.1) is 11.9 Å². The van der Waals surface area contributed by atoms with Crippen molar-refractivity contribution in [3.63, 3.8) is 0 Å². The van der Waals surface area contributed by atoms with Crippen molar-refractivity contribution >= 4 is 0 Å².